The number of anilines is 1. The molecule has 0 bridgehead atoms. The van der Waals surface area contributed by atoms with Gasteiger partial charge in [0.1, 0.15) is 5.82 Å². The van der Waals surface area contributed by atoms with Gasteiger partial charge in [0.05, 0.1) is 11.4 Å². The Labute approximate surface area is 110 Å². The van der Waals surface area contributed by atoms with Gasteiger partial charge < -0.3 is 5.73 Å². The summed E-state index contributed by atoms with van der Waals surface area (Å²) in [6.07, 6.45) is 0. The molecule has 0 radical (unpaired) electrons. The second-order valence-corrected chi connectivity index (χ2v) is 4.83. The molecule has 3 aromatic rings. The van der Waals surface area contributed by atoms with Crippen LogP contribution in [0.2, 0.25) is 0 Å². The highest BCUT2D eigenvalue weighted by molar-refractivity contribution is 5.82. The third-order valence-corrected chi connectivity index (χ3v) is 3.23. The number of fused-ring (bicyclic) bond motifs is 1. The summed E-state index contributed by atoms with van der Waals surface area (Å²) in [5.74, 6) is 1.31. The summed E-state index contributed by atoms with van der Waals surface area (Å²) in [6.45, 7) is 5.95. The van der Waals surface area contributed by atoms with Crippen LogP contribution in [-0.4, -0.2) is 24.5 Å². The predicted molar refractivity (Wildman–Crippen MR) is 74.3 cm³/mol. The lowest BCUT2D eigenvalue weighted by atomic mass is 10.1. The van der Waals surface area contributed by atoms with Crippen molar-refractivity contribution in [2.24, 2.45) is 7.05 Å². The molecule has 0 amide bonds. The van der Waals surface area contributed by atoms with Crippen molar-refractivity contribution in [1.29, 1.82) is 0 Å². The van der Waals surface area contributed by atoms with Crippen LogP contribution in [0.25, 0.3) is 16.9 Å². The minimum atomic E-state index is 0.586. The number of pyridine rings is 1. The summed E-state index contributed by atoms with van der Waals surface area (Å²) < 4.78 is 3.44. The Bertz CT molecular complexity index is 780. The summed E-state index contributed by atoms with van der Waals surface area (Å²) in [5.41, 5.74) is 9.78. The molecule has 3 heterocycles. The molecule has 3 rings (SSSR count). The second-order valence-electron chi connectivity index (χ2n) is 4.83. The minimum absolute atomic E-state index is 0.586. The molecule has 19 heavy (non-hydrogen) atoms. The third-order valence-electron chi connectivity index (χ3n) is 3.23. The van der Waals surface area contributed by atoms with Gasteiger partial charge in [-0.05, 0) is 32.4 Å². The van der Waals surface area contributed by atoms with Gasteiger partial charge in [0.25, 0.3) is 0 Å². The van der Waals surface area contributed by atoms with E-state index in [2.05, 4.69) is 22.1 Å². The van der Waals surface area contributed by atoms with Gasteiger partial charge in [0.15, 0.2) is 11.5 Å². The van der Waals surface area contributed by atoms with Crippen molar-refractivity contribution in [3.63, 3.8) is 0 Å². The zero-order valence-corrected chi connectivity index (χ0v) is 11.5. The monoisotopic (exact) mass is 256 g/mol. The van der Waals surface area contributed by atoms with Crippen molar-refractivity contribution >= 4 is 16.9 Å². The van der Waals surface area contributed by atoms with Gasteiger partial charge in [-0.15, -0.1) is 0 Å². The molecular formula is C13H16N6. The van der Waals surface area contributed by atoms with Gasteiger partial charge in [0, 0.05) is 18.5 Å². The van der Waals surface area contributed by atoms with E-state index in [0.717, 1.165) is 33.8 Å². The van der Waals surface area contributed by atoms with Crippen LogP contribution in [0.15, 0.2) is 12.1 Å². The maximum absolute atomic E-state index is 5.95. The lowest BCUT2D eigenvalue weighted by molar-refractivity contribution is 0.767. The van der Waals surface area contributed by atoms with Crippen molar-refractivity contribution in [2.75, 3.05) is 5.73 Å². The van der Waals surface area contributed by atoms with Crippen LogP contribution >= 0.6 is 0 Å². The van der Waals surface area contributed by atoms with Gasteiger partial charge in [-0.25, -0.2) is 4.98 Å². The Morgan fingerprint density at radius 3 is 2.47 bits per heavy atom. The van der Waals surface area contributed by atoms with E-state index >= 15 is 0 Å². The van der Waals surface area contributed by atoms with Crippen molar-refractivity contribution in [3.05, 3.63) is 29.1 Å². The fourth-order valence-corrected chi connectivity index (χ4v) is 2.45. The van der Waals surface area contributed by atoms with Gasteiger partial charge in [-0.3, -0.25) is 4.68 Å². The topological polar surface area (TPSA) is 74.6 Å². The highest BCUT2D eigenvalue weighted by atomic mass is 15.4. The maximum atomic E-state index is 5.95. The largest absolute Gasteiger partial charge is 0.384 e. The molecule has 98 valence electrons. The zero-order valence-electron chi connectivity index (χ0n) is 11.5. The van der Waals surface area contributed by atoms with E-state index in [0.29, 0.717) is 5.82 Å². The first-order valence-electron chi connectivity index (χ1n) is 6.11. The van der Waals surface area contributed by atoms with E-state index < -0.39 is 0 Å². The third kappa shape index (κ3) is 1.68. The first-order valence-corrected chi connectivity index (χ1v) is 6.11. The van der Waals surface area contributed by atoms with E-state index in [9.17, 15) is 0 Å². The predicted octanol–water partition coefficient (Wildman–Crippen LogP) is 1.66. The van der Waals surface area contributed by atoms with Gasteiger partial charge in [-0.1, -0.05) is 0 Å². The van der Waals surface area contributed by atoms with E-state index in [1.807, 2.05) is 33.0 Å². The molecule has 3 aromatic heterocycles. The van der Waals surface area contributed by atoms with Crippen LogP contribution in [-0.2, 0) is 7.05 Å². The molecule has 6 nitrogen and oxygen atoms in total. The molecule has 0 aromatic carbocycles. The number of aryl methyl sites for hydroxylation is 4. The molecule has 0 atom stereocenters. The number of nitrogen functional groups attached to an aromatic ring is 1. The summed E-state index contributed by atoms with van der Waals surface area (Å²) in [6, 6.07) is 3.81. The van der Waals surface area contributed by atoms with Gasteiger partial charge in [0.2, 0.25) is 0 Å². The summed E-state index contributed by atoms with van der Waals surface area (Å²) >= 11 is 0. The van der Waals surface area contributed by atoms with Gasteiger partial charge in [-0.2, -0.15) is 14.9 Å². The fourth-order valence-electron chi connectivity index (χ4n) is 2.45. The SMILES string of the molecule is Cc1cc(N)n(-c2cc(C)c3c(C)nn(C)c3n2)n1. The number of rotatable bonds is 1. The normalized spacial score (nSPS) is 11.4. The minimum Gasteiger partial charge on any atom is -0.384 e. The van der Waals surface area contributed by atoms with Crippen LogP contribution in [0, 0.1) is 20.8 Å². The quantitative estimate of drug-likeness (QED) is 0.718. The van der Waals surface area contributed by atoms with Crippen LogP contribution < -0.4 is 5.73 Å². The Morgan fingerprint density at radius 1 is 1.11 bits per heavy atom. The number of nitrogens with zero attached hydrogens (tertiary/aromatic N) is 5. The van der Waals surface area contributed by atoms with E-state index in [-0.39, 0.29) is 0 Å². The maximum Gasteiger partial charge on any atom is 0.160 e. The molecule has 0 fully saturated rings. The Morgan fingerprint density at radius 2 is 1.84 bits per heavy atom. The Kier molecular flexibility index (Phi) is 2.35. The number of hydrogen-bond acceptors (Lipinski definition) is 4. The zero-order chi connectivity index (χ0) is 13.7. The van der Waals surface area contributed by atoms with Crippen molar-refractivity contribution < 1.29 is 0 Å². The summed E-state index contributed by atoms with van der Waals surface area (Å²) in [7, 11) is 1.89. The van der Waals surface area contributed by atoms with Crippen molar-refractivity contribution in [2.45, 2.75) is 20.8 Å². The molecule has 0 aliphatic carbocycles. The molecule has 0 aliphatic heterocycles. The van der Waals surface area contributed by atoms with Crippen molar-refractivity contribution in [1.82, 2.24) is 24.5 Å². The van der Waals surface area contributed by atoms with Crippen LogP contribution in [0.5, 0.6) is 0 Å². The number of nitrogens with two attached hydrogens (primary N) is 1. The number of hydrogen-bond donors (Lipinski definition) is 1. The average Bonchev–Trinajstić information content (AvgIpc) is 2.80. The molecule has 0 spiro atoms. The molecule has 0 saturated carbocycles. The summed E-state index contributed by atoms with van der Waals surface area (Å²) in [4.78, 5) is 4.62. The first kappa shape index (κ1) is 11.7. The highest BCUT2D eigenvalue weighted by Gasteiger charge is 2.13. The molecule has 0 saturated heterocycles. The standard InChI is InChI=1S/C13H16N6/c1-7-5-11(19-10(14)6-8(2)16-19)15-13-12(7)9(3)17-18(13)4/h5-6H,14H2,1-4H3. The fraction of sp³-hybridized carbons (Fsp3) is 0.308. The molecule has 6 heteroatoms. The smallest absolute Gasteiger partial charge is 0.160 e. The van der Waals surface area contributed by atoms with E-state index in [4.69, 9.17) is 5.73 Å². The average molecular weight is 256 g/mol. The van der Waals surface area contributed by atoms with Crippen LogP contribution in [0.1, 0.15) is 17.0 Å². The van der Waals surface area contributed by atoms with E-state index in [1.54, 1.807) is 9.36 Å². The first-order chi connectivity index (χ1) is 8.97. The number of aromatic nitrogens is 5. The molecule has 2 N–H and O–H groups in total. The summed E-state index contributed by atoms with van der Waals surface area (Å²) in [5, 5.41) is 9.86. The second kappa shape index (κ2) is 3.81. The van der Waals surface area contributed by atoms with E-state index in [1.165, 1.54) is 0 Å². The molecular weight excluding hydrogens is 240 g/mol. The molecule has 0 unspecified atom stereocenters. The highest BCUT2D eigenvalue weighted by Crippen LogP contribution is 2.23. The van der Waals surface area contributed by atoms with Crippen molar-refractivity contribution in [3.8, 4) is 5.82 Å². The Balaban J connectivity index is 2.32. The van der Waals surface area contributed by atoms with Crippen LogP contribution in [0.3, 0.4) is 0 Å². The Hall–Kier alpha value is -2.37. The molecule has 0 aliphatic rings. The van der Waals surface area contributed by atoms with Gasteiger partial charge >= 0.3 is 0 Å². The lowest BCUT2D eigenvalue weighted by Crippen LogP contribution is -2.05. The lowest BCUT2D eigenvalue weighted by Gasteiger charge is -2.06. The van der Waals surface area contributed by atoms with Crippen LogP contribution in [0.4, 0.5) is 5.82 Å².